The predicted octanol–water partition coefficient (Wildman–Crippen LogP) is 5.40. The highest BCUT2D eigenvalue weighted by Gasteiger charge is 2.20. The molecule has 0 amide bonds. The topological polar surface area (TPSA) is 21.7 Å². The zero-order chi connectivity index (χ0) is 18.3. The lowest BCUT2D eigenvalue weighted by molar-refractivity contribution is 0.176. The van der Waals surface area contributed by atoms with Gasteiger partial charge in [0.2, 0.25) is 0 Å². The number of fused-ring (bicyclic) bond motifs is 1. The molecule has 1 unspecified atom stereocenters. The van der Waals surface area contributed by atoms with E-state index in [9.17, 15) is 0 Å². The van der Waals surface area contributed by atoms with Gasteiger partial charge in [0.25, 0.3) is 0 Å². The van der Waals surface area contributed by atoms with Crippen molar-refractivity contribution in [2.24, 2.45) is 0 Å². The van der Waals surface area contributed by atoms with Crippen molar-refractivity contribution in [2.45, 2.75) is 51.0 Å². The molecule has 27 heavy (non-hydrogen) atoms. The third-order valence-electron chi connectivity index (χ3n) is 5.76. The van der Waals surface area contributed by atoms with E-state index in [0.29, 0.717) is 0 Å². The molecule has 2 aromatic rings. The number of nitrogens with zero attached hydrogens (tertiary/aromatic N) is 1. The minimum absolute atomic E-state index is 0.152. The molecular weight excluding hydrogens is 334 g/mol. The second-order valence-corrected chi connectivity index (χ2v) is 7.78. The average Bonchev–Trinajstić information content (AvgIpc) is 3.24. The van der Waals surface area contributed by atoms with Crippen molar-refractivity contribution in [1.29, 1.82) is 0 Å². The highest BCUT2D eigenvalue weighted by molar-refractivity contribution is 5.37. The molecule has 144 valence electrons. The van der Waals surface area contributed by atoms with Crippen LogP contribution >= 0.6 is 0 Å². The molecule has 0 radical (unpaired) electrons. The first kappa shape index (κ1) is 18.4. The van der Waals surface area contributed by atoms with Crippen LogP contribution in [-0.2, 0) is 6.42 Å². The maximum absolute atomic E-state index is 6.18. The van der Waals surface area contributed by atoms with Gasteiger partial charge < -0.3 is 14.4 Å². The first-order valence-corrected chi connectivity index (χ1v) is 10.6. The van der Waals surface area contributed by atoms with Crippen molar-refractivity contribution in [2.75, 3.05) is 26.2 Å². The van der Waals surface area contributed by atoms with Crippen LogP contribution in [-0.4, -0.2) is 31.1 Å². The van der Waals surface area contributed by atoms with Gasteiger partial charge in [0.15, 0.2) is 0 Å². The fourth-order valence-electron chi connectivity index (χ4n) is 4.15. The molecule has 1 atom stereocenters. The normalized spacial score (nSPS) is 19.5. The molecule has 0 aromatic heterocycles. The molecular formula is C24H31NO2. The number of likely N-dealkylation sites (tertiary alicyclic amines) is 1. The monoisotopic (exact) mass is 365 g/mol. The molecule has 4 rings (SSSR count). The molecule has 1 fully saturated rings. The van der Waals surface area contributed by atoms with E-state index >= 15 is 0 Å². The van der Waals surface area contributed by atoms with Crippen LogP contribution in [0.25, 0.3) is 0 Å². The number of unbranched alkanes of at least 4 members (excludes halogenated alkanes) is 2. The standard InChI is InChI=1S/C24H31NO2/c1(4-16-25-17-5-6-18-25)7-19-26-22-13-10-21(11-14-22)24-15-12-20-8-2-3-9-23(20)27-24/h2-3,8-11,13-14,24H,1,4-7,12,15-19H2. The summed E-state index contributed by atoms with van der Waals surface area (Å²) in [5.41, 5.74) is 2.56. The van der Waals surface area contributed by atoms with Gasteiger partial charge in [0.1, 0.15) is 17.6 Å². The minimum atomic E-state index is 0.152. The van der Waals surface area contributed by atoms with Crippen LogP contribution < -0.4 is 9.47 Å². The number of aryl methyl sites for hydroxylation is 1. The minimum Gasteiger partial charge on any atom is -0.494 e. The molecule has 0 bridgehead atoms. The van der Waals surface area contributed by atoms with E-state index in [-0.39, 0.29) is 6.10 Å². The van der Waals surface area contributed by atoms with Crippen molar-refractivity contribution in [3.8, 4) is 11.5 Å². The van der Waals surface area contributed by atoms with Gasteiger partial charge in [-0.05, 0) is 93.9 Å². The first-order valence-electron chi connectivity index (χ1n) is 10.6. The highest BCUT2D eigenvalue weighted by Crippen LogP contribution is 2.35. The van der Waals surface area contributed by atoms with E-state index in [4.69, 9.17) is 9.47 Å². The average molecular weight is 366 g/mol. The fourth-order valence-corrected chi connectivity index (χ4v) is 4.15. The van der Waals surface area contributed by atoms with Crippen LogP contribution in [0.3, 0.4) is 0 Å². The lowest BCUT2D eigenvalue weighted by Crippen LogP contribution is -2.20. The summed E-state index contributed by atoms with van der Waals surface area (Å²) >= 11 is 0. The van der Waals surface area contributed by atoms with Crippen molar-refractivity contribution in [3.05, 3.63) is 59.7 Å². The van der Waals surface area contributed by atoms with Crippen LogP contribution in [0.15, 0.2) is 48.5 Å². The number of hydrogen-bond acceptors (Lipinski definition) is 3. The highest BCUT2D eigenvalue weighted by atomic mass is 16.5. The summed E-state index contributed by atoms with van der Waals surface area (Å²) in [5.74, 6) is 2.00. The molecule has 0 spiro atoms. The summed E-state index contributed by atoms with van der Waals surface area (Å²) in [6.45, 7) is 4.68. The van der Waals surface area contributed by atoms with Crippen LogP contribution in [0.2, 0.25) is 0 Å². The summed E-state index contributed by atoms with van der Waals surface area (Å²) in [7, 11) is 0. The molecule has 0 N–H and O–H groups in total. The summed E-state index contributed by atoms with van der Waals surface area (Å²) in [6.07, 6.45) is 8.73. The van der Waals surface area contributed by atoms with Crippen LogP contribution in [0, 0.1) is 0 Å². The predicted molar refractivity (Wildman–Crippen MR) is 110 cm³/mol. The van der Waals surface area contributed by atoms with E-state index in [1.54, 1.807) is 0 Å². The first-order chi connectivity index (χ1) is 13.4. The van der Waals surface area contributed by atoms with Gasteiger partial charge in [-0.25, -0.2) is 0 Å². The van der Waals surface area contributed by atoms with Crippen molar-refractivity contribution in [1.82, 2.24) is 4.90 Å². The van der Waals surface area contributed by atoms with Crippen LogP contribution in [0.1, 0.15) is 55.8 Å². The molecule has 2 heterocycles. The van der Waals surface area contributed by atoms with Gasteiger partial charge in [-0.1, -0.05) is 30.3 Å². The lowest BCUT2D eigenvalue weighted by Gasteiger charge is -2.26. The van der Waals surface area contributed by atoms with Crippen molar-refractivity contribution >= 4 is 0 Å². The third-order valence-corrected chi connectivity index (χ3v) is 5.76. The molecule has 3 nitrogen and oxygen atoms in total. The number of para-hydroxylation sites is 1. The Bertz CT molecular complexity index is 707. The van der Waals surface area contributed by atoms with E-state index in [2.05, 4.69) is 47.4 Å². The van der Waals surface area contributed by atoms with Gasteiger partial charge in [-0.15, -0.1) is 0 Å². The molecule has 2 aliphatic rings. The Kier molecular flexibility index (Phi) is 6.31. The van der Waals surface area contributed by atoms with Crippen LogP contribution in [0.5, 0.6) is 11.5 Å². The summed E-state index contributed by atoms with van der Waals surface area (Å²) in [6, 6.07) is 16.8. The Morgan fingerprint density at radius 3 is 2.59 bits per heavy atom. The quantitative estimate of drug-likeness (QED) is 0.585. The Balaban J connectivity index is 1.18. The molecule has 2 aliphatic heterocycles. The van der Waals surface area contributed by atoms with E-state index < -0.39 is 0 Å². The van der Waals surface area contributed by atoms with Crippen LogP contribution in [0.4, 0.5) is 0 Å². The van der Waals surface area contributed by atoms with Gasteiger partial charge in [-0.3, -0.25) is 0 Å². The molecule has 0 saturated carbocycles. The SMILES string of the molecule is c1ccc2c(c1)CCC(c1ccc(OCCCCCN3CCCC3)cc1)O2. The molecule has 2 aromatic carbocycles. The molecule has 0 aliphatic carbocycles. The third kappa shape index (κ3) is 5.04. The fraction of sp³-hybridized carbons (Fsp3) is 0.500. The summed E-state index contributed by atoms with van der Waals surface area (Å²) in [4.78, 5) is 2.59. The maximum Gasteiger partial charge on any atom is 0.124 e. The zero-order valence-corrected chi connectivity index (χ0v) is 16.2. The lowest BCUT2D eigenvalue weighted by atomic mass is 9.97. The van der Waals surface area contributed by atoms with Gasteiger partial charge >= 0.3 is 0 Å². The number of benzene rings is 2. The molecule has 1 saturated heterocycles. The van der Waals surface area contributed by atoms with E-state index in [1.165, 1.54) is 56.4 Å². The summed E-state index contributed by atoms with van der Waals surface area (Å²) in [5, 5.41) is 0. The Morgan fingerprint density at radius 2 is 1.74 bits per heavy atom. The second-order valence-electron chi connectivity index (χ2n) is 7.78. The van der Waals surface area contributed by atoms with Gasteiger partial charge in [0, 0.05) is 0 Å². The summed E-state index contributed by atoms with van der Waals surface area (Å²) < 4.78 is 12.1. The second kappa shape index (κ2) is 9.27. The zero-order valence-electron chi connectivity index (χ0n) is 16.2. The van der Waals surface area contributed by atoms with E-state index in [0.717, 1.165) is 37.4 Å². The van der Waals surface area contributed by atoms with Gasteiger partial charge in [-0.2, -0.15) is 0 Å². The number of rotatable bonds is 8. The Labute approximate surface area is 163 Å². The number of ether oxygens (including phenoxy) is 2. The largest absolute Gasteiger partial charge is 0.494 e. The van der Waals surface area contributed by atoms with Gasteiger partial charge in [0.05, 0.1) is 6.61 Å². The van der Waals surface area contributed by atoms with E-state index in [1.807, 2.05) is 6.07 Å². The number of hydrogen-bond donors (Lipinski definition) is 0. The van der Waals surface area contributed by atoms with Crippen molar-refractivity contribution in [3.63, 3.8) is 0 Å². The Hall–Kier alpha value is -2.00. The smallest absolute Gasteiger partial charge is 0.124 e. The maximum atomic E-state index is 6.18. The molecule has 3 heteroatoms. The van der Waals surface area contributed by atoms with Crippen molar-refractivity contribution < 1.29 is 9.47 Å². The Morgan fingerprint density at radius 1 is 0.926 bits per heavy atom.